The van der Waals surface area contributed by atoms with E-state index in [1.807, 2.05) is 6.07 Å². The number of nitrogens with one attached hydrogen (secondary N) is 1. The first-order valence-electron chi connectivity index (χ1n) is 9.57. The molecule has 0 spiro atoms. The van der Waals surface area contributed by atoms with Crippen LogP contribution in [0.1, 0.15) is 71.1 Å². The Bertz CT molecular complexity index is 538. The van der Waals surface area contributed by atoms with Crippen LogP contribution in [0.4, 0.5) is 18.9 Å². The Morgan fingerprint density at radius 1 is 0.923 bits per heavy atom. The number of hydrogen-bond donors (Lipinski definition) is 1. The van der Waals surface area contributed by atoms with Crippen molar-refractivity contribution in [3.63, 3.8) is 0 Å². The summed E-state index contributed by atoms with van der Waals surface area (Å²) in [5, 5.41) is 2.95. The van der Waals surface area contributed by atoms with Crippen molar-refractivity contribution >= 4 is 11.5 Å². The minimum absolute atomic E-state index is 0.321. The summed E-state index contributed by atoms with van der Waals surface area (Å²) in [7, 11) is 0. The van der Waals surface area contributed by atoms with E-state index >= 15 is 0 Å². The second-order valence-electron chi connectivity index (χ2n) is 6.60. The third-order valence-corrected chi connectivity index (χ3v) is 4.21. The van der Waals surface area contributed by atoms with Crippen LogP contribution in [0.5, 0.6) is 0 Å². The first-order valence-corrected chi connectivity index (χ1v) is 9.57. The van der Waals surface area contributed by atoms with Crippen LogP contribution < -0.4 is 5.32 Å². The van der Waals surface area contributed by atoms with Gasteiger partial charge in [-0.2, -0.15) is 13.2 Å². The van der Waals surface area contributed by atoms with Gasteiger partial charge in [-0.05, 0) is 25.0 Å². The quantitative estimate of drug-likeness (QED) is 0.298. The van der Waals surface area contributed by atoms with Gasteiger partial charge in [0.1, 0.15) is 0 Å². The van der Waals surface area contributed by atoms with Gasteiger partial charge in [-0.3, -0.25) is 4.79 Å². The predicted molar refractivity (Wildman–Crippen MR) is 101 cm³/mol. The molecule has 26 heavy (non-hydrogen) atoms. The Balaban J connectivity index is 2.43. The largest absolute Gasteiger partial charge is 0.454 e. The molecular weight excluding hydrogens is 339 g/mol. The molecule has 0 heterocycles. The average Bonchev–Trinajstić information content (AvgIpc) is 2.60. The van der Waals surface area contributed by atoms with E-state index in [4.69, 9.17) is 0 Å². The number of halogens is 3. The maximum absolute atomic E-state index is 12.5. The summed E-state index contributed by atoms with van der Waals surface area (Å²) in [6.45, 7) is 2.19. The van der Waals surface area contributed by atoms with E-state index in [0.717, 1.165) is 25.7 Å². The highest BCUT2D eigenvalue weighted by Crippen LogP contribution is 2.21. The number of para-hydroxylation sites is 1. The summed E-state index contributed by atoms with van der Waals surface area (Å²) in [6, 6.07) is 8.95. The number of ketones is 1. The van der Waals surface area contributed by atoms with Crippen LogP contribution in [0.3, 0.4) is 0 Å². The van der Waals surface area contributed by atoms with Crippen molar-refractivity contribution in [1.82, 2.24) is 0 Å². The maximum Gasteiger partial charge on any atom is 0.454 e. The molecule has 1 rings (SSSR count). The van der Waals surface area contributed by atoms with Crippen molar-refractivity contribution in [3.05, 3.63) is 42.1 Å². The molecule has 0 saturated carbocycles. The number of benzene rings is 1. The molecule has 2 nitrogen and oxygen atoms in total. The van der Waals surface area contributed by atoms with Crippen molar-refractivity contribution in [2.75, 3.05) is 5.32 Å². The van der Waals surface area contributed by atoms with Gasteiger partial charge in [0.05, 0.1) is 0 Å². The molecule has 0 unspecified atom stereocenters. The third-order valence-electron chi connectivity index (χ3n) is 4.21. The molecule has 0 radical (unpaired) electrons. The molecule has 0 fully saturated rings. The van der Waals surface area contributed by atoms with Gasteiger partial charge >= 0.3 is 6.18 Å². The van der Waals surface area contributed by atoms with E-state index in [-0.39, 0.29) is 0 Å². The first-order chi connectivity index (χ1) is 12.4. The summed E-state index contributed by atoms with van der Waals surface area (Å²) in [5.41, 5.74) is 1.01. The normalized spacial score (nSPS) is 12.2. The summed E-state index contributed by atoms with van der Waals surface area (Å²) < 4.78 is 37.6. The lowest BCUT2D eigenvalue weighted by Crippen LogP contribution is -2.21. The lowest BCUT2D eigenvalue weighted by atomic mass is 10.1. The molecule has 0 aromatic heterocycles. The Labute approximate surface area is 154 Å². The molecule has 0 amide bonds. The minimum atomic E-state index is -4.83. The lowest BCUT2D eigenvalue weighted by Gasteiger charge is -2.12. The molecule has 1 N–H and O–H groups in total. The zero-order valence-corrected chi connectivity index (χ0v) is 15.6. The van der Waals surface area contributed by atoms with Crippen LogP contribution in [-0.2, 0) is 4.79 Å². The van der Waals surface area contributed by atoms with Gasteiger partial charge in [0.2, 0.25) is 0 Å². The van der Waals surface area contributed by atoms with Crippen molar-refractivity contribution in [2.45, 2.75) is 77.3 Å². The van der Waals surface area contributed by atoms with Gasteiger partial charge < -0.3 is 5.32 Å². The topological polar surface area (TPSA) is 29.1 Å². The lowest BCUT2D eigenvalue weighted by molar-refractivity contribution is -0.165. The number of carbonyl (C=O) groups excluding carboxylic acids is 1. The summed E-state index contributed by atoms with van der Waals surface area (Å²) in [6.07, 6.45) is 6.55. The van der Waals surface area contributed by atoms with Gasteiger partial charge in [-0.25, -0.2) is 0 Å². The molecule has 0 aliphatic heterocycles. The summed E-state index contributed by atoms with van der Waals surface area (Å²) in [5.74, 6) is -1.81. The number of rotatable bonds is 13. The van der Waals surface area contributed by atoms with Crippen LogP contribution in [0.15, 0.2) is 42.1 Å². The van der Waals surface area contributed by atoms with E-state index in [9.17, 15) is 18.0 Å². The third kappa shape index (κ3) is 10.3. The number of anilines is 1. The Morgan fingerprint density at radius 3 is 2.00 bits per heavy atom. The van der Waals surface area contributed by atoms with Crippen LogP contribution in [0, 0.1) is 0 Å². The number of unbranched alkanes of at least 4 members (excludes halogenated alkanes) is 8. The predicted octanol–water partition coefficient (Wildman–Crippen LogP) is 7.03. The second kappa shape index (κ2) is 12.6. The van der Waals surface area contributed by atoms with Gasteiger partial charge in [0.15, 0.2) is 0 Å². The van der Waals surface area contributed by atoms with Crippen molar-refractivity contribution in [3.8, 4) is 0 Å². The molecule has 0 saturated heterocycles. The maximum atomic E-state index is 12.5. The molecule has 0 atom stereocenters. The Hall–Kier alpha value is -1.78. The van der Waals surface area contributed by atoms with Crippen LogP contribution >= 0.6 is 0 Å². The average molecular weight is 369 g/mol. The van der Waals surface area contributed by atoms with Crippen molar-refractivity contribution in [1.29, 1.82) is 0 Å². The van der Waals surface area contributed by atoms with Crippen LogP contribution in [0.2, 0.25) is 0 Å². The van der Waals surface area contributed by atoms with Crippen LogP contribution in [-0.4, -0.2) is 12.0 Å². The van der Waals surface area contributed by atoms with E-state index in [2.05, 4.69) is 12.2 Å². The van der Waals surface area contributed by atoms with Crippen LogP contribution in [0.25, 0.3) is 0 Å². The summed E-state index contributed by atoms with van der Waals surface area (Å²) >= 11 is 0. The molecular formula is C21H30F3NO. The number of hydrogen-bond acceptors (Lipinski definition) is 2. The monoisotopic (exact) mass is 369 g/mol. The van der Waals surface area contributed by atoms with E-state index in [1.165, 1.54) is 32.1 Å². The molecule has 1 aromatic carbocycles. The van der Waals surface area contributed by atoms with Crippen molar-refractivity contribution < 1.29 is 18.0 Å². The molecule has 146 valence electrons. The Morgan fingerprint density at radius 2 is 1.46 bits per heavy atom. The van der Waals surface area contributed by atoms with Gasteiger partial charge in [0.25, 0.3) is 5.78 Å². The zero-order chi connectivity index (χ0) is 19.3. The van der Waals surface area contributed by atoms with Gasteiger partial charge in [-0.1, -0.05) is 76.5 Å². The van der Waals surface area contributed by atoms with E-state index in [1.54, 1.807) is 24.3 Å². The smallest absolute Gasteiger partial charge is 0.359 e. The SMILES string of the molecule is CCCCCCCCCCC/C(=C\C(=O)C(F)(F)F)Nc1ccccc1. The second-order valence-corrected chi connectivity index (χ2v) is 6.60. The molecule has 0 bridgehead atoms. The van der Waals surface area contributed by atoms with Gasteiger partial charge in [-0.15, -0.1) is 0 Å². The number of allylic oxidation sites excluding steroid dienone is 2. The standard InChI is InChI=1S/C21H30F3NO/c1-2-3-4-5-6-7-8-9-11-16-19(17-20(26)21(22,23)24)25-18-14-12-10-13-15-18/h10,12-15,17,25H,2-9,11,16H2,1H3/b19-17+. The zero-order valence-electron chi connectivity index (χ0n) is 15.6. The molecule has 0 aliphatic rings. The minimum Gasteiger partial charge on any atom is -0.359 e. The Kier molecular flexibility index (Phi) is 10.7. The fourth-order valence-corrected chi connectivity index (χ4v) is 2.74. The van der Waals surface area contributed by atoms with Crippen molar-refractivity contribution in [2.24, 2.45) is 0 Å². The van der Waals surface area contributed by atoms with E-state index < -0.39 is 12.0 Å². The fraction of sp³-hybridized carbons (Fsp3) is 0.571. The number of alkyl halides is 3. The highest BCUT2D eigenvalue weighted by molar-refractivity contribution is 5.95. The fourth-order valence-electron chi connectivity index (χ4n) is 2.74. The molecule has 5 heteroatoms. The molecule has 1 aromatic rings. The summed E-state index contributed by atoms with van der Waals surface area (Å²) in [4.78, 5) is 11.3. The first kappa shape index (κ1) is 22.3. The molecule has 0 aliphatic carbocycles. The van der Waals surface area contributed by atoms with Gasteiger partial charge in [0, 0.05) is 17.5 Å². The highest BCUT2D eigenvalue weighted by Gasteiger charge is 2.36. The number of carbonyl (C=O) groups is 1. The highest BCUT2D eigenvalue weighted by atomic mass is 19.4. The van der Waals surface area contributed by atoms with E-state index in [0.29, 0.717) is 23.9 Å².